The van der Waals surface area contributed by atoms with Crippen molar-refractivity contribution in [1.29, 1.82) is 0 Å². The van der Waals surface area contributed by atoms with E-state index in [0.717, 1.165) is 16.6 Å². The van der Waals surface area contributed by atoms with E-state index in [9.17, 15) is 20.4 Å². The summed E-state index contributed by atoms with van der Waals surface area (Å²) in [4.78, 5) is 0. The molecule has 0 unspecified atom stereocenters. The first-order valence-corrected chi connectivity index (χ1v) is 8.72. The minimum atomic E-state index is -1.47. The van der Waals surface area contributed by atoms with Gasteiger partial charge in [0.2, 0.25) is 6.29 Å². The van der Waals surface area contributed by atoms with E-state index < -0.39 is 37.3 Å². The number of benzene rings is 2. The third-order valence-corrected chi connectivity index (χ3v) is 4.82. The van der Waals surface area contributed by atoms with Crippen molar-refractivity contribution in [2.45, 2.75) is 30.7 Å². The second-order valence-corrected chi connectivity index (χ2v) is 6.55. The van der Waals surface area contributed by atoms with Gasteiger partial charge in [0.25, 0.3) is 0 Å². The lowest BCUT2D eigenvalue weighted by Crippen LogP contribution is -2.60. The van der Waals surface area contributed by atoms with Crippen molar-refractivity contribution in [3.05, 3.63) is 60.8 Å². The summed E-state index contributed by atoms with van der Waals surface area (Å²) in [7, 11) is 0. The molecule has 1 aromatic heterocycles. The number of hydrogen-bond donors (Lipinski definition) is 4. The molecule has 5 atom stereocenters. The van der Waals surface area contributed by atoms with Gasteiger partial charge >= 0.3 is 0 Å². The van der Waals surface area contributed by atoms with E-state index >= 15 is 0 Å². The zero-order valence-corrected chi connectivity index (χ0v) is 14.4. The van der Waals surface area contributed by atoms with Gasteiger partial charge in [0, 0.05) is 11.9 Å². The Morgan fingerprint density at radius 3 is 2.37 bits per heavy atom. The van der Waals surface area contributed by atoms with Gasteiger partial charge in [0.05, 0.1) is 12.1 Å². The Balaban J connectivity index is 1.53. The quantitative estimate of drug-likeness (QED) is 0.541. The van der Waals surface area contributed by atoms with Crippen molar-refractivity contribution >= 4 is 10.9 Å². The predicted octanol–water partition coefficient (Wildman–Crippen LogP) is 0.809. The fourth-order valence-corrected chi connectivity index (χ4v) is 3.29. The number of rotatable bonds is 4. The minimum Gasteiger partial charge on any atom is -0.462 e. The molecule has 7 nitrogen and oxygen atoms in total. The van der Waals surface area contributed by atoms with E-state index in [1.165, 1.54) is 0 Å². The first-order chi connectivity index (χ1) is 13.1. The van der Waals surface area contributed by atoms with Crippen LogP contribution >= 0.6 is 0 Å². The Labute approximate surface area is 155 Å². The number of fused-ring (bicyclic) bond motifs is 1. The Hall–Kier alpha value is -2.42. The summed E-state index contributed by atoms with van der Waals surface area (Å²) in [6, 6.07) is 17.3. The third-order valence-electron chi connectivity index (χ3n) is 4.82. The van der Waals surface area contributed by atoms with Crippen LogP contribution in [0.1, 0.15) is 0 Å². The fraction of sp³-hybridized carbons (Fsp3) is 0.300. The Morgan fingerprint density at radius 1 is 0.889 bits per heavy atom. The van der Waals surface area contributed by atoms with Crippen LogP contribution in [0.4, 0.5) is 0 Å². The van der Waals surface area contributed by atoms with Crippen molar-refractivity contribution < 1.29 is 29.9 Å². The highest BCUT2D eigenvalue weighted by atomic mass is 16.7. The van der Waals surface area contributed by atoms with Crippen molar-refractivity contribution in [2.24, 2.45) is 0 Å². The first-order valence-electron chi connectivity index (χ1n) is 8.72. The molecule has 4 N–H and O–H groups in total. The number of aliphatic hydroxyl groups is 4. The fourth-order valence-electron chi connectivity index (χ4n) is 3.29. The molecular weight excluding hydrogens is 350 g/mol. The summed E-state index contributed by atoms with van der Waals surface area (Å²) in [5.74, 6) is 0.430. The van der Waals surface area contributed by atoms with Gasteiger partial charge in [-0.25, -0.2) is 0 Å². The van der Waals surface area contributed by atoms with Gasteiger partial charge in [0.1, 0.15) is 30.2 Å². The molecule has 1 aliphatic heterocycles. The van der Waals surface area contributed by atoms with E-state index in [2.05, 4.69) is 0 Å². The van der Waals surface area contributed by atoms with E-state index in [1.807, 2.05) is 53.2 Å². The molecule has 0 saturated carbocycles. The highest BCUT2D eigenvalue weighted by Crippen LogP contribution is 2.26. The van der Waals surface area contributed by atoms with Crippen LogP contribution in [0.25, 0.3) is 16.6 Å². The molecule has 1 aliphatic rings. The van der Waals surface area contributed by atoms with Crippen LogP contribution in [0, 0.1) is 0 Å². The maximum atomic E-state index is 10.1. The first kappa shape index (κ1) is 18.0. The molecule has 2 heterocycles. The van der Waals surface area contributed by atoms with Gasteiger partial charge in [-0.2, -0.15) is 0 Å². The van der Waals surface area contributed by atoms with Gasteiger partial charge in [-0.3, -0.25) is 0 Å². The van der Waals surface area contributed by atoms with Gasteiger partial charge in [-0.15, -0.1) is 0 Å². The van der Waals surface area contributed by atoms with Crippen molar-refractivity contribution in [3.8, 4) is 11.4 Å². The molecular formula is C20H21NO6. The lowest BCUT2D eigenvalue weighted by atomic mass is 9.99. The van der Waals surface area contributed by atoms with Crippen LogP contribution in [-0.2, 0) is 4.74 Å². The highest BCUT2D eigenvalue weighted by Gasteiger charge is 2.44. The second-order valence-electron chi connectivity index (χ2n) is 6.55. The van der Waals surface area contributed by atoms with Crippen molar-refractivity contribution in [2.75, 3.05) is 6.61 Å². The van der Waals surface area contributed by atoms with Crippen LogP contribution in [0.5, 0.6) is 5.75 Å². The minimum absolute atomic E-state index is 0.430. The lowest BCUT2D eigenvalue weighted by Gasteiger charge is -2.39. The zero-order valence-electron chi connectivity index (χ0n) is 14.4. The largest absolute Gasteiger partial charge is 0.462 e. The van der Waals surface area contributed by atoms with Crippen LogP contribution < -0.4 is 4.74 Å². The number of aliphatic hydroxyl groups excluding tert-OH is 4. The van der Waals surface area contributed by atoms with Gasteiger partial charge in [-0.05, 0) is 41.8 Å². The molecule has 0 aliphatic carbocycles. The Morgan fingerprint density at radius 2 is 1.63 bits per heavy atom. The smallest absolute Gasteiger partial charge is 0.229 e. The van der Waals surface area contributed by atoms with Gasteiger partial charge in [-0.1, -0.05) is 18.2 Å². The molecule has 0 spiro atoms. The monoisotopic (exact) mass is 371 g/mol. The number of hydrogen-bond acceptors (Lipinski definition) is 6. The molecule has 4 rings (SSSR count). The molecule has 0 radical (unpaired) electrons. The number of aromatic nitrogens is 1. The van der Waals surface area contributed by atoms with Crippen LogP contribution in [0.15, 0.2) is 60.8 Å². The van der Waals surface area contributed by atoms with Gasteiger partial charge in [0.15, 0.2) is 0 Å². The van der Waals surface area contributed by atoms with Crippen LogP contribution in [-0.4, -0.2) is 62.3 Å². The average molecular weight is 371 g/mol. The Kier molecular flexibility index (Phi) is 4.86. The molecule has 27 heavy (non-hydrogen) atoms. The van der Waals surface area contributed by atoms with Gasteiger partial charge < -0.3 is 34.5 Å². The topological polar surface area (TPSA) is 104 Å². The lowest BCUT2D eigenvalue weighted by molar-refractivity contribution is -0.277. The normalized spacial score (nSPS) is 28.4. The molecule has 1 fully saturated rings. The SMILES string of the molecule is OC[C@H]1O[C@H](Oc2ccc(-n3ccc4ccccc43)cc2)[C@@H](O)[C@@H](O)[C@@H]1O. The Bertz CT molecular complexity index is 906. The second kappa shape index (κ2) is 7.30. The third kappa shape index (κ3) is 3.31. The molecule has 7 heteroatoms. The van der Waals surface area contributed by atoms with Crippen molar-refractivity contribution in [1.82, 2.24) is 4.57 Å². The average Bonchev–Trinajstić information content (AvgIpc) is 3.13. The molecule has 3 aromatic rings. The zero-order chi connectivity index (χ0) is 19.0. The highest BCUT2D eigenvalue weighted by molar-refractivity contribution is 5.81. The summed E-state index contributed by atoms with van der Waals surface area (Å²) in [5.41, 5.74) is 2.03. The number of ether oxygens (including phenoxy) is 2. The maximum Gasteiger partial charge on any atom is 0.229 e. The molecule has 1 saturated heterocycles. The van der Waals surface area contributed by atoms with Crippen LogP contribution in [0.3, 0.4) is 0 Å². The van der Waals surface area contributed by atoms with E-state index in [4.69, 9.17) is 9.47 Å². The summed E-state index contributed by atoms with van der Waals surface area (Å²) in [6.07, 6.45) is -4.52. The number of para-hydroxylation sites is 1. The van der Waals surface area contributed by atoms with E-state index in [1.54, 1.807) is 12.1 Å². The summed E-state index contributed by atoms with van der Waals surface area (Å²) >= 11 is 0. The van der Waals surface area contributed by atoms with Crippen LogP contribution in [0.2, 0.25) is 0 Å². The summed E-state index contributed by atoms with van der Waals surface area (Å²) in [6.45, 7) is -0.496. The van der Waals surface area contributed by atoms with E-state index in [0.29, 0.717) is 5.75 Å². The van der Waals surface area contributed by atoms with E-state index in [-0.39, 0.29) is 0 Å². The molecule has 2 aromatic carbocycles. The maximum absolute atomic E-state index is 10.1. The molecule has 0 bridgehead atoms. The number of nitrogens with zero attached hydrogens (tertiary/aromatic N) is 1. The van der Waals surface area contributed by atoms with Crippen molar-refractivity contribution in [3.63, 3.8) is 0 Å². The standard InChI is InChI=1S/C20H21NO6/c22-11-16-17(23)18(24)19(25)20(27-16)26-14-7-5-13(6-8-14)21-10-9-12-3-1-2-4-15(12)21/h1-10,16-20,22-25H,11H2/t16-,17-,18+,19+,20+/m1/s1. The molecule has 0 amide bonds. The predicted molar refractivity (Wildman–Crippen MR) is 97.7 cm³/mol. The molecule has 142 valence electrons. The summed E-state index contributed by atoms with van der Waals surface area (Å²) in [5, 5.41) is 40.1. The summed E-state index contributed by atoms with van der Waals surface area (Å²) < 4.78 is 13.0.